The number of carbonyl (C=O) groups excluding carboxylic acids is 1. The van der Waals surface area contributed by atoms with Gasteiger partial charge in [-0.1, -0.05) is 12.1 Å². The van der Waals surface area contributed by atoms with Gasteiger partial charge in [0.25, 0.3) is 0 Å². The van der Waals surface area contributed by atoms with E-state index >= 15 is 0 Å². The van der Waals surface area contributed by atoms with Gasteiger partial charge in [-0.05, 0) is 44.0 Å². The van der Waals surface area contributed by atoms with Crippen LogP contribution in [0.1, 0.15) is 28.4 Å². The number of Topliss-reactive ketones (excluding diaryl/α,β-unsaturated/α-hetero) is 1. The van der Waals surface area contributed by atoms with Crippen LogP contribution in [-0.2, 0) is 0 Å². The van der Waals surface area contributed by atoms with Crippen LogP contribution in [0.4, 0.5) is 0 Å². The van der Waals surface area contributed by atoms with Crippen molar-refractivity contribution in [2.45, 2.75) is 20.8 Å². The molecule has 0 N–H and O–H groups in total. The third kappa shape index (κ3) is 2.74. The van der Waals surface area contributed by atoms with Crippen molar-refractivity contribution in [1.82, 2.24) is 4.98 Å². The molecule has 0 aliphatic heterocycles. The molecule has 1 aromatic heterocycles. The molecule has 18 heavy (non-hydrogen) atoms. The number of aromatic nitrogens is 1. The fourth-order valence-corrected chi connectivity index (χ4v) is 1.61. The topological polar surface area (TPSA) is 39.2 Å². The summed E-state index contributed by atoms with van der Waals surface area (Å²) in [5.41, 5.74) is 2.76. The molecule has 3 nitrogen and oxygen atoms in total. The van der Waals surface area contributed by atoms with E-state index in [1.54, 1.807) is 18.3 Å². The number of ether oxygens (including phenoxy) is 1. The largest absolute Gasteiger partial charge is 0.439 e. The van der Waals surface area contributed by atoms with Crippen LogP contribution in [0.25, 0.3) is 0 Å². The predicted octanol–water partition coefficient (Wildman–Crippen LogP) is 3.69. The van der Waals surface area contributed by atoms with Gasteiger partial charge < -0.3 is 4.74 Å². The number of benzene rings is 1. The summed E-state index contributed by atoms with van der Waals surface area (Å²) in [6.45, 7) is 5.51. The normalized spacial score (nSPS) is 10.2. The van der Waals surface area contributed by atoms with Crippen molar-refractivity contribution >= 4 is 5.78 Å². The molecule has 0 unspecified atom stereocenters. The molecule has 0 aliphatic rings. The zero-order valence-electron chi connectivity index (χ0n) is 10.7. The number of aryl methyl sites for hydroxylation is 2. The van der Waals surface area contributed by atoms with E-state index in [9.17, 15) is 4.79 Å². The molecule has 0 radical (unpaired) electrons. The molecule has 0 atom stereocenters. The minimum Gasteiger partial charge on any atom is -0.439 e. The summed E-state index contributed by atoms with van der Waals surface area (Å²) in [6, 6.07) is 9.32. The van der Waals surface area contributed by atoms with Crippen molar-refractivity contribution < 1.29 is 9.53 Å². The van der Waals surface area contributed by atoms with Crippen LogP contribution >= 0.6 is 0 Å². The second-order valence-electron chi connectivity index (χ2n) is 4.31. The van der Waals surface area contributed by atoms with E-state index in [-0.39, 0.29) is 5.78 Å². The number of pyridine rings is 1. The Kier molecular flexibility index (Phi) is 3.42. The summed E-state index contributed by atoms with van der Waals surface area (Å²) in [5, 5.41) is 0. The fourth-order valence-electron chi connectivity index (χ4n) is 1.61. The van der Waals surface area contributed by atoms with Gasteiger partial charge in [0.1, 0.15) is 5.75 Å². The van der Waals surface area contributed by atoms with Crippen molar-refractivity contribution in [1.29, 1.82) is 0 Å². The molecule has 0 aliphatic carbocycles. The van der Waals surface area contributed by atoms with Gasteiger partial charge in [0, 0.05) is 17.8 Å². The summed E-state index contributed by atoms with van der Waals surface area (Å²) in [6.07, 6.45) is 1.58. The number of carbonyl (C=O) groups is 1. The van der Waals surface area contributed by atoms with Crippen molar-refractivity contribution in [2.75, 3.05) is 0 Å². The quantitative estimate of drug-likeness (QED) is 0.769. The van der Waals surface area contributed by atoms with Gasteiger partial charge in [-0.2, -0.15) is 0 Å². The SMILES string of the molecule is CC(=O)c1ccnc(Oc2cc(C)ccc2C)c1. The Bertz CT molecular complexity index is 591. The highest BCUT2D eigenvalue weighted by Crippen LogP contribution is 2.25. The highest BCUT2D eigenvalue weighted by Gasteiger charge is 2.05. The summed E-state index contributed by atoms with van der Waals surface area (Å²) in [5.74, 6) is 1.21. The van der Waals surface area contributed by atoms with E-state index in [2.05, 4.69) is 4.98 Å². The van der Waals surface area contributed by atoms with E-state index in [0.717, 1.165) is 16.9 Å². The molecule has 0 fully saturated rings. The van der Waals surface area contributed by atoms with Gasteiger partial charge in [-0.3, -0.25) is 4.79 Å². The van der Waals surface area contributed by atoms with Crippen molar-refractivity contribution in [3.63, 3.8) is 0 Å². The van der Waals surface area contributed by atoms with Crippen molar-refractivity contribution in [3.05, 3.63) is 53.2 Å². The Balaban J connectivity index is 2.31. The highest BCUT2D eigenvalue weighted by atomic mass is 16.5. The smallest absolute Gasteiger partial charge is 0.219 e. The lowest BCUT2D eigenvalue weighted by atomic mass is 10.1. The van der Waals surface area contributed by atoms with Gasteiger partial charge in [-0.15, -0.1) is 0 Å². The molecule has 92 valence electrons. The monoisotopic (exact) mass is 241 g/mol. The molecule has 3 heteroatoms. The average Bonchev–Trinajstić information content (AvgIpc) is 2.34. The minimum absolute atomic E-state index is 0.00298. The van der Waals surface area contributed by atoms with E-state index in [1.807, 2.05) is 32.0 Å². The first kappa shape index (κ1) is 12.3. The van der Waals surface area contributed by atoms with E-state index in [4.69, 9.17) is 4.74 Å². The van der Waals surface area contributed by atoms with Crippen LogP contribution in [0.15, 0.2) is 36.5 Å². The Morgan fingerprint density at radius 3 is 2.67 bits per heavy atom. The molecule has 2 aromatic rings. The Morgan fingerprint density at radius 1 is 1.17 bits per heavy atom. The van der Waals surface area contributed by atoms with Crippen LogP contribution in [0.5, 0.6) is 11.6 Å². The van der Waals surface area contributed by atoms with Crippen molar-refractivity contribution in [2.24, 2.45) is 0 Å². The molecule has 1 aromatic carbocycles. The summed E-state index contributed by atoms with van der Waals surface area (Å²) >= 11 is 0. The molecular weight excluding hydrogens is 226 g/mol. The Labute approximate surface area is 106 Å². The maximum Gasteiger partial charge on any atom is 0.219 e. The van der Waals surface area contributed by atoms with Gasteiger partial charge in [0.2, 0.25) is 5.88 Å². The number of hydrogen-bond acceptors (Lipinski definition) is 3. The molecule has 0 amide bonds. The Hall–Kier alpha value is -2.16. The average molecular weight is 241 g/mol. The molecular formula is C15H15NO2. The maximum absolute atomic E-state index is 11.3. The minimum atomic E-state index is 0.00298. The van der Waals surface area contributed by atoms with Gasteiger partial charge in [-0.25, -0.2) is 4.98 Å². The summed E-state index contributed by atoms with van der Waals surface area (Å²) < 4.78 is 5.72. The van der Waals surface area contributed by atoms with Crippen LogP contribution in [0.3, 0.4) is 0 Å². The Morgan fingerprint density at radius 2 is 1.94 bits per heavy atom. The van der Waals surface area contributed by atoms with Gasteiger partial charge >= 0.3 is 0 Å². The molecule has 0 bridgehead atoms. The molecule has 0 saturated heterocycles. The predicted molar refractivity (Wildman–Crippen MR) is 70.2 cm³/mol. The van der Waals surface area contributed by atoms with Crippen molar-refractivity contribution in [3.8, 4) is 11.6 Å². The maximum atomic E-state index is 11.3. The first-order valence-electron chi connectivity index (χ1n) is 5.78. The molecule has 1 heterocycles. The second-order valence-corrected chi connectivity index (χ2v) is 4.31. The van der Waals surface area contributed by atoms with E-state index in [0.29, 0.717) is 11.4 Å². The van der Waals surface area contributed by atoms with Crippen LogP contribution in [-0.4, -0.2) is 10.8 Å². The van der Waals surface area contributed by atoms with E-state index in [1.165, 1.54) is 6.92 Å². The zero-order chi connectivity index (χ0) is 13.1. The zero-order valence-corrected chi connectivity index (χ0v) is 10.7. The number of hydrogen-bond donors (Lipinski definition) is 0. The lowest BCUT2D eigenvalue weighted by Crippen LogP contribution is -1.95. The molecule has 0 saturated carbocycles. The standard InChI is InChI=1S/C15H15NO2/c1-10-4-5-11(2)14(8-10)18-15-9-13(12(3)17)6-7-16-15/h4-9H,1-3H3. The summed E-state index contributed by atoms with van der Waals surface area (Å²) in [7, 11) is 0. The van der Waals surface area contributed by atoms with Crippen LogP contribution in [0, 0.1) is 13.8 Å². The lowest BCUT2D eigenvalue weighted by Gasteiger charge is -2.09. The summed E-state index contributed by atoms with van der Waals surface area (Å²) in [4.78, 5) is 15.4. The lowest BCUT2D eigenvalue weighted by molar-refractivity contribution is 0.101. The van der Waals surface area contributed by atoms with Gasteiger partial charge in [0.15, 0.2) is 5.78 Å². The second kappa shape index (κ2) is 5.00. The fraction of sp³-hybridized carbons (Fsp3) is 0.200. The van der Waals surface area contributed by atoms with Crippen LogP contribution in [0.2, 0.25) is 0 Å². The number of nitrogens with zero attached hydrogens (tertiary/aromatic N) is 1. The first-order valence-corrected chi connectivity index (χ1v) is 5.78. The third-order valence-electron chi connectivity index (χ3n) is 2.70. The number of ketones is 1. The van der Waals surface area contributed by atoms with Gasteiger partial charge in [0.05, 0.1) is 0 Å². The first-order chi connectivity index (χ1) is 8.56. The number of rotatable bonds is 3. The highest BCUT2D eigenvalue weighted by molar-refractivity contribution is 5.94. The molecule has 0 spiro atoms. The third-order valence-corrected chi connectivity index (χ3v) is 2.70. The molecule has 2 rings (SSSR count). The van der Waals surface area contributed by atoms with Crippen LogP contribution < -0.4 is 4.74 Å². The van der Waals surface area contributed by atoms with E-state index < -0.39 is 0 Å².